The topological polar surface area (TPSA) is 101 Å². The first kappa shape index (κ1) is 20.1. The number of hydrogen-bond donors (Lipinski definition) is 2. The second kappa shape index (κ2) is 8.15. The molecule has 0 aliphatic heterocycles. The van der Waals surface area contributed by atoms with Crippen molar-refractivity contribution in [1.29, 1.82) is 0 Å². The van der Waals surface area contributed by atoms with Crippen LogP contribution in [0.1, 0.15) is 53.9 Å². The van der Waals surface area contributed by atoms with Gasteiger partial charge in [-0.1, -0.05) is 25.3 Å². The first-order chi connectivity index (χ1) is 12.8. The van der Waals surface area contributed by atoms with Crippen LogP contribution < -0.4 is 4.74 Å². The molecule has 6 nitrogen and oxygen atoms in total. The molecule has 0 spiro atoms. The predicted molar refractivity (Wildman–Crippen MR) is 108 cm³/mol. The first-order valence-electron chi connectivity index (χ1n) is 8.58. The van der Waals surface area contributed by atoms with Gasteiger partial charge in [-0.05, 0) is 77.2 Å². The lowest BCUT2D eigenvalue weighted by atomic mass is 9.83. The second-order valence-corrected chi connectivity index (χ2v) is 9.09. The van der Waals surface area contributed by atoms with E-state index in [1.807, 2.05) is 22.6 Å². The van der Waals surface area contributed by atoms with Crippen molar-refractivity contribution >= 4 is 38.7 Å². The highest BCUT2D eigenvalue weighted by Crippen LogP contribution is 2.37. The average Bonchev–Trinajstić information content (AvgIpc) is 2.65. The molecule has 0 unspecified atom stereocenters. The molecule has 1 aliphatic carbocycles. The van der Waals surface area contributed by atoms with E-state index in [-0.39, 0.29) is 27.9 Å². The van der Waals surface area contributed by atoms with E-state index in [1.54, 1.807) is 12.1 Å². The van der Waals surface area contributed by atoms with Gasteiger partial charge in [-0.25, -0.2) is 4.79 Å². The largest absolute Gasteiger partial charge is 0.504 e. The van der Waals surface area contributed by atoms with Gasteiger partial charge in [0.05, 0.1) is 14.0 Å². The highest BCUT2D eigenvalue weighted by molar-refractivity contribution is 14.1. The SMILES string of the molecule is O=C(Oc1cccc(I)c1O)c1ccc(S(=O)(=O)O)c(C2CCCCC2)c1. The third-order valence-electron chi connectivity index (χ3n) is 4.72. The van der Waals surface area contributed by atoms with Crippen molar-refractivity contribution < 1.29 is 27.6 Å². The molecule has 0 aromatic heterocycles. The van der Waals surface area contributed by atoms with E-state index in [9.17, 15) is 22.9 Å². The number of hydrogen-bond acceptors (Lipinski definition) is 5. The fraction of sp³-hybridized carbons (Fsp3) is 0.316. The van der Waals surface area contributed by atoms with Gasteiger partial charge in [0.15, 0.2) is 11.5 Å². The Morgan fingerprint density at radius 3 is 2.48 bits per heavy atom. The summed E-state index contributed by atoms with van der Waals surface area (Å²) in [5.74, 6) is -0.834. The van der Waals surface area contributed by atoms with Crippen LogP contribution in [-0.4, -0.2) is 24.0 Å². The van der Waals surface area contributed by atoms with Crippen molar-refractivity contribution in [2.45, 2.75) is 42.9 Å². The molecular formula is C19H19IO6S. The maximum absolute atomic E-state index is 12.5. The van der Waals surface area contributed by atoms with Crippen molar-refractivity contribution in [3.8, 4) is 11.5 Å². The van der Waals surface area contributed by atoms with Crippen LogP contribution in [0.5, 0.6) is 11.5 Å². The summed E-state index contributed by atoms with van der Waals surface area (Å²) < 4.78 is 38.9. The third kappa shape index (κ3) is 4.61. The van der Waals surface area contributed by atoms with Gasteiger partial charge in [0.1, 0.15) is 0 Å². The van der Waals surface area contributed by atoms with Crippen molar-refractivity contribution in [1.82, 2.24) is 0 Å². The Balaban J connectivity index is 1.96. The monoisotopic (exact) mass is 502 g/mol. The third-order valence-corrected chi connectivity index (χ3v) is 6.52. The summed E-state index contributed by atoms with van der Waals surface area (Å²) in [6.45, 7) is 0. The van der Waals surface area contributed by atoms with Gasteiger partial charge < -0.3 is 9.84 Å². The van der Waals surface area contributed by atoms with Crippen LogP contribution in [0.2, 0.25) is 0 Å². The Hall–Kier alpha value is -1.65. The maximum Gasteiger partial charge on any atom is 0.343 e. The molecule has 144 valence electrons. The minimum absolute atomic E-state index is 0.0324. The number of phenolic OH excluding ortho intramolecular Hbond substituents is 1. The normalized spacial score (nSPS) is 15.5. The fourth-order valence-electron chi connectivity index (χ4n) is 3.38. The van der Waals surface area contributed by atoms with Crippen LogP contribution >= 0.6 is 22.6 Å². The molecule has 27 heavy (non-hydrogen) atoms. The average molecular weight is 502 g/mol. The molecule has 2 aromatic carbocycles. The number of carbonyl (C=O) groups excluding carboxylic acids is 1. The van der Waals surface area contributed by atoms with Crippen molar-refractivity contribution in [3.63, 3.8) is 0 Å². The van der Waals surface area contributed by atoms with Gasteiger partial charge in [-0.3, -0.25) is 4.55 Å². The molecule has 1 fully saturated rings. The second-order valence-electron chi connectivity index (χ2n) is 6.54. The number of carbonyl (C=O) groups is 1. The van der Waals surface area contributed by atoms with E-state index in [0.717, 1.165) is 32.1 Å². The van der Waals surface area contributed by atoms with Gasteiger partial charge in [0.2, 0.25) is 0 Å². The molecule has 3 rings (SSSR count). The smallest absolute Gasteiger partial charge is 0.343 e. The number of esters is 1. The fourth-order valence-corrected chi connectivity index (χ4v) is 4.62. The van der Waals surface area contributed by atoms with E-state index in [2.05, 4.69) is 0 Å². The summed E-state index contributed by atoms with van der Waals surface area (Å²) in [5, 5.41) is 10.0. The maximum atomic E-state index is 12.5. The van der Waals surface area contributed by atoms with Crippen molar-refractivity contribution in [2.75, 3.05) is 0 Å². The number of rotatable bonds is 4. The summed E-state index contributed by atoms with van der Waals surface area (Å²) in [6, 6.07) is 8.83. The summed E-state index contributed by atoms with van der Waals surface area (Å²) in [7, 11) is -4.39. The van der Waals surface area contributed by atoms with Gasteiger partial charge >= 0.3 is 5.97 Å². The van der Waals surface area contributed by atoms with Crippen LogP contribution in [0.3, 0.4) is 0 Å². The van der Waals surface area contributed by atoms with Crippen LogP contribution in [-0.2, 0) is 10.1 Å². The molecule has 0 bridgehead atoms. The Morgan fingerprint density at radius 1 is 1.11 bits per heavy atom. The van der Waals surface area contributed by atoms with Crippen molar-refractivity contribution in [2.24, 2.45) is 0 Å². The number of phenols is 1. The molecule has 1 saturated carbocycles. The van der Waals surface area contributed by atoms with E-state index in [1.165, 1.54) is 24.3 Å². The Bertz CT molecular complexity index is 964. The minimum atomic E-state index is -4.39. The quantitative estimate of drug-likeness (QED) is 0.276. The number of aromatic hydroxyl groups is 1. The molecule has 2 aromatic rings. The van der Waals surface area contributed by atoms with E-state index in [0.29, 0.717) is 9.13 Å². The number of benzene rings is 2. The highest BCUT2D eigenvalue weighted by atomic mass is 127. The van der Waals surface area contributed by atoms with E-state index >= 15 is 0 Å². The highest BCUT2D eigenvalue weighted by Gasteiger charge is 2.25. The lowest BCUT2D eigenvalue weighted by molar-refractivity contribution is 0.0729. The Kier molecular flexibility index (Phi) is 6.07. The molecule has 1 aliphatic rings. The summed E-state index contributed by atoms with van der Waals surface area (Å²) in [6.07, 6.45) is 4.64. The molecule has 0 amide bonds. The zero-order valence-electron chi connectivity index (χ0n) is 14.4. The van der Waals surface area contributed by atoms with Crippen LogP contribution in [0.25, 0.3) is 0 Å². The Morgan fingerprint density at radius 2 is 1.81 bits per heavy atom. The molecule has 0 atom stereocenters. The van der Waals surface area contributed by atoms with E-state index in [4.69, 9.17) is 4.74 Å². The van der Waals surface area contributed by atoms with E-state index < -0.39 is 16.1 Å². The molecular weight excluding hydrogens is 483 g/mol. The van der Waals surface area contributed by atoms with Crippen molar-refractivity contribution in [3.05, 3.63) is 51.1 Å². The number of halogens is 1. The summed E-state index contributed by atoms with van der Waals surface area (Å²) in [4.78, 5) is 12.4. The predicted octanol–water partition coefficient (Wildman–Crippen LogP) is 4.51. The molecule has 2 N–H and O–H groups in total. The standard InChI is InChI=1S/C19H19IO6S/c20-15-7-4-8-16(18(15)21)26-19(22)13-9-10-17(27(23,24)25)14(11-13)12-5-2-1-3-6-12/h4,7-12,21H,1-3,5-6H2,(H,23,24,25). The number of para-hydroxylation sites is 1. The molecule has 0 radical (unpaired) electrons. The van der Waals surface area contributed by atoms with Gasteiger partial charge in [-0.15, -0.1) is 0 Å². The number of ether oxygens (including phenoxy) is 1. The zero-order valence-corrected chi connectivity index (χ0v) is 17.4. The van der Waals surface area contributed by atoms with Gasteiger partial charge in [0, 0.05) is 0 Å². The Labute approximate surface area is 171 Å². The van der Waals surface area contributed by atoms with Crippen LogP contribution in [0.15, 0.2) is 41.3 Å². The van der Waals surface area contributed by atoms with Gasteiger partial charge in [0.25, 0.3) is 10.1 Å². The summed E-state index contributed by atoms with van der Waals surface area (Å²) in [5.41, 5.74) is 0.611. The summed E-state index contributed by atoms with van der Waals surface area (Å²) >= 11 is 1.92. The molecule has 0 saturated heterocycles. The lowest BCUT2D eigenvalue weighted by Crippen LogP contribution is -2.14. The minimum Gasteiger partial charge on any atom is -0.504 e. The van der Waals surface area contributed by atoms with Gasteiger partial charge in [-0.2, -0.15) is 8.42 Å². The zero-order chi connectivity index (χ0) is 19.6. The molecule has 8 heteroatoms. The first-order valence-corrected chi connectivity index (χ1v) is 11.1. The van der Waals surface area contributed by atoms with Crippen LogP contribution in [0, 0.1) is 3.57 Å². The lowest BCUT2D eigenvalue weighted by Gasteiger charge is -2.24. The van der Waals surface area contributed by atoms with Crippen LogP contribution in [0.4, 0.5) is 0 Å². The molecule has 0 heterocycles.